The summed E-state index contributed by atoms with van der Waals surface area (Å²) in [5.41, 5.74) is 6.69. The van der Waals surface area contributed by atoms with Gasteiger partial charge in [-0.3, -0.25) is 0 Å². The first-order valence-corrected chi connectivity index (χ1v) is 9.41. The smallest absolute Gasteiger partial charge is 0.244 e. The van der Waals surface area contributed by atoms with Crippen molar-refractivity contribution in [1.29, 1.82) is 0 Å². The van der Waals surface area contributed by atoms with Crippen LogP contribution in [0.4, 0.5) is 0 Å². The van der Waals surface area contributed by atoms with Crippen molar-refractivity contribution in [3.63, 3.8) is 0 Å². The monoisotopic (exact) mass is 311 g/mol. The van der Waals surface area contributed by atoms with Crippen molar-refractivity contribution in [2.45, 2.75) is 56.5 Å². The molecule has 1 aromatic heterocycles. The van der Waals surface area contributed by atoms with Gasteiger partial charge in [0.05, 0.1) is 0 Å². The maximum atomic E-state index is 12.8. The summed E-state index contributed by atoms with van der Waals surface area (Å²) in [6, 6.07) is 2.21. The molecule has 2 N–H and O–H groups in total. The second kappa shape index (κ2) is 5.74. The zero-order chi connectivity index (χ0) is 15.0. The highest BCUT2D eigenvalue weighted by Gasteiger charge is 2.32. The number of hydrogen-bond acceptors (Lipinski definition) is 3. The minimum absolute atomic E-state index is 0.390. The summed E-state index contributed by atoms with van der Waals surface area (Å²) in [5.74, 6) is 0.541. The van der Waals surface area contributed by atoms with E-state index in [4.69, 9.17) is 5.73 Å². The predicted molar refractivity (Wildman–Crippen MR) is 82.4 cm³/mol. The van der Waals surface area contributed by atoms with Gasteiger partial charge in [-0.25, -0.2) is 8.42 Å². The Bertz CT molecular complexity index is 600. The number of nitrogens with two attached hydrogens (primary N) is 1. The molecule has 2 fully saturated rings. The van der Waals surface area contributed by atoms with Crippen molar-refractivity contribution in [1.82, 2.24) is 8.87 Å². The van der Waals surface area contributed by atoms with E-state index in [1.54, 1.807) is 16.6 Å². The molecule has 1 aromatic rings. The Hall–Kier alpha value is -0.850. The SMILES string of the molecule is CCN(CC1CCC1)S(=O)(=O)c1cc(CN)n(C2CC2)c1. The molecule has 2 saturated carbocycles. The molecule has 3 rings (SSSR count). The molecule has 0 saturated heterocycles. The first-order valence-electron chi connectivity index (χ1n) is 7.97. The number of aromatic nitrogens is 1. The van der Waals surface area contributed by atoms with Crippen LogP contribution in [0.2, 0.25) is 0 Å². The molecular weight excluding hydrogens is 286 g/mol. The summed E-state index contributed by atoms with van der Waals surface area (Å²) in [6.07, 6.45) is 7.59. The van der Waals surface area contributed by atoms with Gasteiger partial charge in [0, 0.05) is 37.6 Å². The van der Waals surface area contributed by atoms with Gasteiger partial charge in [0.25, 0.3) is 0 Å². The summed E-state index contributed by atoms with van der Waals surface area (Å²) in [4.78, 5) is 0.413. The molecule has 0 bridgehead atoms. The zero-order valence-electron chi connectivity index (χ0n) is 12.7. The van der Waals surface area contributed by atoms with Crippen molar-refractivity contribution < 1.29 is 8.42 Å². The summed E-state index contributed by atoms with van der Waals surface area (Å²) in [6.45, 7) is 3.50. The van der Waals surface area contributed by atoms with Gasteiger partial charge in [0.2, 0.25) is 10.0 Å². The van der Waals surface area contributed by atoms with E-state index in [2.05, 4.69) is 4.57 Å². The fraction of sp³-hybridized carbons (Fsp3) is 0.733. The van der Waals surface area contributed by atoms with E-state index in [0.29, 0.717) is 36.5 Å². The average Bonchev–Trinajstić information content (AvgIpc) is 3.16. The van der Waals surface area contributed by atoms with E-state index in [1.165, 1.54) is 6.42 Å². The van der Waals surface area contributed by atoms with E-state index in [9.17, 15) is 8.42 Å². The van der Waals surface area contributed by atoms with Gasteiger partial charge in [0.15, 0.2) is 0 Å². The first-order chi connectivity index (χ1) is 10.1. The van der Waals surface area contributed by atoms with Gasteiger partial charge >= 0.3 is 0 Å². The molecule has 0 unspecified atom stereocenters. The van der Waals surface area contributed by atoms with Crippen LogP contribution in [0.5, 0.6) is 0 Å². The molecular formula is C15H25N3O2S. The second-order valence-corrected chi connectivity index (χ2v) is 8.20. The Morgan fingerprint density at radius 1 is 1.33 bits per heavy atom. The summed E-state index contributed by atoms with van der Waals surface area (Å²) < 4.78 is 29.4. The van der Waals surface area contributed by atoms with Gasteiger partial charge in [0.1, 0.15) is 4.90 Å². The molecule has 0 aromatic carbocycles. The Kier molecular flexibility index (Phi) is 4.12. The van der Waals surface area contributed by atoms with Crippen LogP contribution in [-0.4, -0.2) is 30.4 Å². The number of nitrogens with zero attached hydrogens (tertiary/aromatic N) is 2. The molecule has 2 aliphatic carbocycles. The minimum atomic E-state index is -3.38. The van der Waals surface area contributed by atoms with Gasteiger partial charge in [-0.1, -0.05) is 13.3 Å². The lowest BCUT2D eigenvalue weighted by Gasteiger charge is -2.30. The van der Waals surface area contributed by atoms with Crippen molar-refractivity contribution in [2.24, 2.45) is 11.7 Å². The highest BCUT2D eigenvalue weighted by molar-refractivity contribution is 7.89. The van der Waals surface area contributed by atoms with Gasteiger partial charge in [-0.05, 0) is 37.7 Å². The molecule has 0 amide bonds. The molecule has 0 radical (unpaired) electrons. The molecule has 1 heterocycles. The molecule has 0 atom stereocenters. The largest absolute Gasteiger partial charge is 0.346 e. The Balaban J connectivity index is 1.85. The van der Waals surface area contributed by atoms with E-state index >= 15 is 0 Å². The third-order valence-corrected chi connectivity index (χ3v) is 6.64. The lowest BCUT2D eigenvalue weighted by molar-refractivity contribution is 0.250. The van der Waals surface area contributed by atoms with Crippen LogP contribution in [0, 0.1) is 5.92 Å². The van der Waals surface area contributed by atoms with Crippen LogP contribution < -0.4 is 5.73 Å². The number of hydrogen-bond donors (Lipinski definition) is 1. The molecule has 5 nitrogen and oxygen atoms in total. The van der Waals surface area contributed by atoms with Gasteiger partial charge in [-0.15, -0.1) is 0 Å². The molecule has 6 heteroatoms. The van der Waals surface area contributed by atoms with Crippen LogP contribution >= 0.6 is 0 Å². The van der Waals surface area contributed by atoms with Crippen LogP contribution in [0.3, 0.4) is 0 Å². The molecule has 118 valence electrons. The van der Waals surface area contributed by atoms with Gasteiger partial charge < -0.3 is 10.3 Å². The van der Waals surface area contributed by atoms with E-state index in [1.807, 2.05) is 6.92 Å². The lowest BCUT2D eigenvalue weighted by Crippen LogP contribution is -2.37. The summed E-state index contributed by atoms with van der Waals surface area (Å²) >= 11 is 0. The average molecular weight is 311 g/mol. The topological polar surface area (TPSA) is 68.3 Å². The van der Waals surface area contributed by atoms with Crippen molar-refractivity contribution in [2.75, 3.05) is 13.1 Å². The molecule has 2 aliphatic rings. The lowest BCUT2D eigenvalue weighted by atomic mass is 9.85. The van der Waals surface area contributed by atoms with Crippen molar-refractivity contribution in [3.8, 4) is 0 Å². The Morgan fingerprint density at radius 2 is 2.05 bits per heavy atom. The van der Waals surface area contributed by atoms with Gasteiger partial charge in [-0.2, -0.15) is 4.31 Å². The fourth-order valence-electron chi connectivity index (χ4n) is 3.00. The molecule has 0 spiro atoms. The standard InChI is InChI=1S/C15H25N3O2S/c1-2-17(10-12-4-3-5-12)21(19,20)15-8-14(9-16)18(11-15)13-6-7-13/h8,11-13H,2-7,9-10,16H2,1H3. The van der Waals surface area contributed by atoms with Crippen molar-refractivity contribution in [3.05, 3.63) is 18.0 Å². The third kappa shape index (κ3) is 2.89. The molecule has 0 aliphatic heterocycles. The minimum Gasteiger partial charge on any atom is -0.346 e. The summed E-state index contributed by atoms with van der Waals surface area (Å²) in [5, 5.41) is 0. The third-order valence-electron chi connectivity index (χ3n) is 4.73. The maximum Gasteiger partial charge on any atom is 0.244 e. The van der Waals surface area contributed by atoms with Crippen LogP contribution in [0.15, 0.2) is 17.2 Å². The normalized spacial score (nSPS) is 20.0. The second-order valence-electron chi connectivity index (χ2n) is 6.26. The summed E-state index contributed by atoms with van der Waals surface area (Å²) in [7, 11) is -3.38. The van der Waals surface area contributed by atoms with Crippen molar-refractivity contribution >= 4 is 10.0 Å². The number of sulfonamides is 1. The van der Waals surface area contributed by atoms with E-state index in [-0.39, 0.29) is 0 Å². The number of rotatable bonds is 7. The first kappa shape index (κ1) is 15.1. The quantitative estimate of drug-likeness (QED) is 0.838. The van der Waals surface area contributed by atoms with Crippen LogP contribution in [0.1, 0.15) is 50.8 Å². The maximum absolute atomic E-state index is 12.8. The van der Waals surface area contributed by atoms with Crippen LogP contribution in [0.25, 0.3) is 0 Å². The highest BCUT2D eigenvalue weighted by Crippen LogP contribution is 2.37. The van der Waals surface area contributed by atoms with Crippen LogP contribution in [-0.2, 0) is 16.6 Å². The fourth-order valence-corrected chi connectivity index (χ4v) is 4.58. The Morgan fingerprint density at radius 3 is 2.52 bits per heavy atom. The zero-order valence-corrected chi connectivity index (χ0v) is 13.5. The van der Waals surface area contributed by atoms with E-state index in [0.717, 1.165) is 31.4 Å². The molecule has 21 heavy (non-hydrogen) atoms. The Labute approximate surface area is 127 Å². The van der Waals surface area contributed by atoms with E-state index < -0.39 is 10.0 Å². The predicted octanol–water partition coefficient (Wildman–Crippen LogP) is 2.09. The highest BCUT2D eigenvalue weighted by atomic mass is 32.2.